The molecule has 39 heavy (non-hydrogen) atoms. The van der Waals surface area contributed by atoms with Gasteiger partial charge in [-0.15, -0.1) is 0 Å². The highest BCUT2D eigenvalue weighted by Crippen LogP contribution is 2.35. The normalized spacial score (nSPS) is 12.3. The highest BCUT2D eigenvalue weighted by Gasteiger charge is 2.23. The molecule has 0 aliphatic carbocycles. The van der Waals surface area contributed by atoms with Gasteiger partial charge in [0.1, 0.15) is 23.7 Å². The minimum atomic E-state index is -0.403. The van der Waals surface area contributed by atoms with Crippen LogP contribution in [-0.4, -0.2) is 47.8 Å². The van der Waals surface area contributed by atoms with Crippen LogP contribution in [0.3, 0.4) is 0 Å². The summed E-state index contributed by atoms with van der Waals surface area (Å²) in [5.74, 6) is 1.20. The number of amides is 1. The third-order valence-corrected chi connectivity index (χ3v) is 6.52. The number of fused-ring (bicyclic) bond motifs is 1. The van der Waals surface area contributed by atoms with E-state index in [1.807, 2.05) is 73.8 Å². The zero-order valence-electron chi connectivity index (χ0n) is 22.4. The third-order valence-electron chi connectivity index (χ3n) is 6.52. The van der Waals surface area contributed by atoms with Crippen LogP contribution in [0.1, 0.15) is 43.2 Å². The Labute approximate surface area is 230 Å². The summed E-state index contributed by atoms with van der Waals surface area (Å²) in [6.07, 6.45) is 4.25. The van der Waals surface area contributed by atoms with Crippen LogP contribution in [0.25, 0.3) is 0 Å². The van der Waals surface area contributed by atoms with Gasteiger partial charge in [0.2, 0.25) is 5.91 Å². The van der Waals surface area contributed by atoms with Crippen LogP contribution < -0.4 is 15.2 Å². The average molecular weight is 529 g/mol. The number of ether oxygens (including phenoxy) is 2. The van der Waals surface area contributed by atoms with Crippen molar-refractivity contribution in [2.24, 2.45) is 10.7 Å². The van der Waals surface area contributed by atoms with Gasteiger partial charge in [0.15, 0.2) is 5.96 Å². The highest BCUT2D eigenvalue weighted by molar-refractivity contribution is 5.88. The average Bonchev–Trinajstić information content (AvgIpc) is 2.94. The first-order chi connectivity index (χ1) is 19.0. The summed E-state index contributed by atoms with van der Waals surface area (Å²) in [5, 5.41) is 0. The molecule has 8 heteroatoms. The van der Waals surface area contributed by atoms with Gasteiger partial charge in [0.05, 0.1) is 6.61 Å². The lowest BCUT2D eigenvalue weighted by molar-refractivity contribution is -0.135. The van der Waals surface area contributed by atoms with E-state index in [2.05, 4.69) is 4.99 Å². The molecule has 0 fully saturated rings. The molecule has 0 radical (unpaired) electrons. The molecule has 0 unspecified atom stereocenters. The van der Waals surface area contributed by atoms with Crippen molar-refractivity contribution >= 4 is 23.5 Å². The third kappa shape index (κ3) is 8.33. The molecule has 3 aromatic rings. The lowest BCUT2D eigenvalue weighted by Gasteiger charge is -2.28. The molecule has 0 atom stereocenters. The Bertz CT molecular complexity index is 1260. The fourth-order valence-corrected chi connectivity index (χ4v) is 4.41. The maximum atomic E-state index is 12.4. The van der Waals surface area contributed by atoms with Gasteiger partial charge in [-0.05, 0) is 36.6 Å². The van der Waals surface area contributed by atoms with E-state index in [1.165, 1.54) is 0 Å². The quantitative estimate of drug-likeness (QED) is 0.190. The molecule has 3 aromatic carbocycles. The van der Waals surface area contributed by atoms with Gasteiger partial charge in [-0.1, -0.05) is 73.5 Å². The molecule has 1 aliphatic heterocycles. The van der Waals surface area contributed by atoms with Crippen LogP contribution in [0, 0.1) is 0 Å². The van der Waals surface area contributed by atoms with E-state index in [-0.39, 0.29) is 18.4 Å². The number of esters is 1. The summed E-state index contributed by atoms with van der Waals surface area (Å²) in [4.78, 5) is 32.8. The van der Waals surface area contributed by atoms with E-state index in [0.717, 1.165) is 36.8 Å². The summed E-state index contributed by atoms with van der Waals surface area (Å²) >= 11 is 0. The van der Waals surface area contributed by atoms with Gasteiger partial charge in [0.25, 0.3) is 0 Å². The van der Waals surface area contributed by atoms with Gasteiger partial charge in [-0.2, -0.15) is 0 Å². The molecule has 0 aromatic heterocycles. The number of unbranched alkanes of at least 4 members (excludes halogenated alkanes) is 3. The van der Waals surface area contributed by atoms with Gasteiger partial charge >= 0.3 is 5.97 Å². The monoisotopic (exact) mass is 528 g/mol. The zero-order valence-corrected chi connectivity index (χ0v) is 22.4. The smallest absolute Gasteiger partial charge is 0.331 e. The molecule has 0 saturated carbocycles. The lowest BCUT2D eigenvalue weighted by Crippen LogP contribution is -2.42. The topological polar surface area (TPSA) is 97.5 Å². The van der Waals surface area contributed by atoms with Crippen molar-refractivity contribution in [1.29, 1.82) is 0 Å². The minimum absolute atomic E-state index is 0.000693. The Hall–Kier alpha value is -4.33. The standard InChI is InChI=1S/C31H36N4O4/c1-34(21-24-13-6-4-7-14-24)28(36)19-10-2-3-11-20-38-27-18-12-15-25-22-35(31(32)33-30(25)27)23-29(37)39-26-16-8-5-9-17-26/h4-9,12-18H,2-3,10-11,19-23H2,1H3,(H2,32,33). The largest absolute Gasteiger partial charge is 0.491 e. The highest BCUT2D eigenvalue weighted by atomic mass is 16.5. The number of para-hydroxylation sites is 2. The second-order valence-electron chi connectivity index (χ2n) is 9.63. The molecule has 0 spiro atoms. The molecule has 2 N–H and O–H groups in total. The van der Waals surface area contributed by atoms with E-state index in [9.17, 15) is 9.59 Å². The Morgan fingerprint density at radius 3 is 2.41 bits per heavy atom. The van der Waals surface area contributed by atoms with E-state index < -0.39 is 5.97 Å². The maximum Gasteiger partial charge on any atom is 0.331 e. The van der Waals surface area contributed by atoms with Crippen LogP contribution in [-0.2, 0) is 22.7 Å². The summed E-state index contributed by atoms with van der Waals surface area (Å²) in [6, 6.07) is 24.7. The number of carbonyl (C=O) groups excluding carboxylic acids is 2. The molecule has 0 bridgehead atoms. The maximum absolute atomic E-state index is 12.4. The molecule has 1 heterocycles. The zero-order chi connectivity index (χ0) is 27.5. The number of nitrogens with zero attached hydrogens (tertiary/aromatic N) is 3. The van der Waals surface area contributed by atoms with Crippen LogP contribution in [0.5, 0.6) is 11.5 Å². The lowest BCUT2D eigenvalue weighted by atomic mass is 10.1. The first-order valence-electron chi connectivity index (χ1n) is 13.4. The van der Waals surface area contributed by atoms with Gasteiger partial charge in [-0.25, -0.2) is 9.79 Å². The van der Waals surface area contributed by atoms with Crippen molar-refractivity contribution in [2.45, 2.75) is 45.2 Å². The first kappa shape index (κ1) is 27.7. The summed E-state index contributed by atoms with van der Waals surface area (Å²) < 4.78 is 11.4. The van der Waals surface area contributed by atoms with Crippen molar-refractivity contribution in [1.82, 2.24) is 9.80 Å². The number of rotatable bonds is 13. The number of hydrogen-bond acceptors (Lipinski definition) is 7. The number of carbonyl (C=O) groups is 2. The van der Waals surface area contributed by atoms with E-state index >= 15 is 0 Å². The molecule has 8 nitrogen and oxygen atoms in total. The predicted octanol–water partition coefficient (Wildman–Crippen LogP) is 5.04. The Kier molecular flexibility index (Phi) is 9.94. The number of hydrogen-bond donors (Lipinski definition) is 1. The van der Waals surface area contributed by atoms with Gasteiger partial charge < -0.3 is 25.0 Å². The van der Waals surface area contributed by atoms with E-state index in [0.29, 0.717) is 43.3 Å². The molecule has 1 amide bonds. The number of aliphatic imine (C=N–C) groups is 1. The van der Waals surface area contributed by atoms with Crippen LogP contribution >= 0.6 is 0 Å². The molecular weight excluding hydrogens is 492 g/mol. The number of nitrogens with two attached hydrogens (primary N) is 1. The summed E-state index contributed by atoms with van der Waals surface area (Å²) in [6.45, 7) is 1.64. The SMILES string of the molecule is CN(Cc1ccccc1)C(=O)CCCCCCOc1cccc2c1N=C(N)N(CC(=O)Oc1ccccc1)C2. The van der Waals surface area contributed by atoms with Crippen molar-refractivity contribution in [3.8, 4) is 11.5 Å². The molecule has 0 saturated heterocycles. The fourth-order valence-electron chi connectivity index (χ4n) is 4.41. The van der Waals surface area contributed by atoms with Crippen molar-refractivity contribution < 1.29 is 19.1 Å². The van der Waals surface area contributed by atoms with Crippen molar-refractivity contribution in [3.05, 3.63) is 90.0 Å². The molecular formula is C31H36N4O4. The first-order valence-corrected chi connectivity index (χ1v) is 13.4. The molecule has 1 aliphatic rings. The van der Waals surface area contributed by atoms with Crippen LogP contribution in [0.15, 0.2) is 83.9 Å². The van der Waals surface area contributed by atoms with Crippen LogP contribution in [0.4, 0.5) is 5.69 Å². The number of benzene rings is 3. The second kappa shape index (κ2) is 14.0. The van der Waals surface area contributed by atoms with Crippen molar-refractivity contribution in [3.63, 3.8) is 0 Å². The summed E-state index contributed by atoms with van der Waals surface area (Å²) in [5.41, 5.74) is 8.96. The van der Waals surface area contributed by atoms with Crippen molar-refractivity contribution in [2.75, 3.05) is 20.2 Å². The molecule has 4 rings (SSSR count). The fraction of sp³-hybridized carbons (Fsp3) is 0.323. The minimum Gasteiger partial charge on any atom is -0.491 e. The second-order valence-corrected chi connectivity index (χ2v) is 9.63. The molecule has 204 valence electrons. The number of guanidine groups is 1. The Morgan fingerprint density at radius 1 is 0.923 bits per heavy atom. The van der Waals surface area contributed by atoms with E-state index in [1.54, 1.807) is 21.9 Å². The van der Waals surface area contributed by atoms with Crippen LogP contribution in [0.2, 0.25) is 0 Å². The predicted molar refractivity (Wildman–Crippen MR) is 152 cm³/mol. The summed E-state index contributed by atoms with van der Waals surface area (Å²) in [7, 11) is 1.86. The van der Waals surface area contributed by atoms with E-state index in [4.69, 9.17) is 15.2 Å². The Morgan fingerprint density at radius 2 is 1.64 bits per heavy atom. The Balaban J connectivity index is 1.17. The van der Waals surface area contributed by atoms with Gasteiger partial charge in [0, 0.05) is 32.1 Å². The van der Waals surface area contributed by atoms with Gasteiger partial charge in [-0.3, -0.25) is 4.79 Å².